The zero-order valence-electron chi connectivity index (χ0n) is 13.0. The standard InChI is InChI=1S/C17H23N3O/c1-12(2)9-10-15-13(3)19-17(18)20(16(15)21)11-14-7-5-4-6-8-14/h4-8,12H,9-11H2,1-3H3,(H2,18,19). The summed E-state index contributed by atoms with van der Waals surface area (Å²) in [5.74, 6) is 0.846. The number of hydrogen-bond acceptors (Lipinski definition) is 3. The van der Waals surface area contributed by atoms with Gasteiger partial charge in [0.2, 0.25) is 5.95 Å². The quantitative estimate of drug-likeness (QED) is 0.919. The third kappa shape index (κ3) is 3.72. The third-order valence-corrected chi connectivity index (χ3v) is 3.65. The van der Waals surface area contributed by atoms with Gasteiger partial charge in [-0.1, -0.05) is 44.2 Å². The van der Waals surface area contributed by atoms with Crippen molar-refractivity contribution in [2.24, 2.45) is 5.92 Å². The summed E-state index contributed by atoms with van der Waals surface area (Å²) >= 11 is 0. The van der Waals surface area contributed by atoms with Crippen LogP contribution in [0.4, 0.5) is 5.95 Å². The number of benzene rings is 1. The van der Waals surface area contributed by atoms with Gasteiger partial charge in [0.05, 0.1) is 6.54 Å². The van der Waals surface area contributed by atoms with Crippen LogP contribution in [0.15, 0.2) is 35.1 Å². The Morgan fingerprint density at radius 3 is 2.52 bits per heavy atom. The van der Waals surface area contributed by atoms with E-state index in [0.717, 1.165) is 29.7 Å². The Kier molecular flexibility index (Phi) is 4.78. The lowest BCUT2D eigenvalue weighted by Crippen LogP contribution is -2.29. The Hall–Kier alpha value is -2.10. The van der Waals surface area contributed by atoms with Crippen molar-refractivity contribution < 1.29 is 0 Å². The van der Waals surface area contributed by atoms with Crippen molar-refractivity contribution in [1.29, 1.82) is 0 Å². The van der Waals surface area contributed by atoms with Crippen LogP contribution < -0.4 is 11.3 Å². The third-order valence-electron chi connectivity index (χ3n) is 3.65. The van der Waals surface area contributed by atoms with Crippen molar-refractivity contribution >= 4 is 5.95 Å². The molecule has 1 aromatic heterocycles. The minimum Gasteiger partial charge on any atom is -0.369 e. The van der Waals surface area contributed by atoms with Crippen LogP contribution in [0.2, 0.25) is 0 Å². The largest absolute Gasteiger partial charge is 0.369 e. The normalized spacial score (nSPS) is 11.0. The van der Waals surface area contributed by atoms with Crippen molar-refractivity contribution in [2.45, 2.75) is 40.2 Å². The van der Waals surface area contributed by atoms with Crippen molar-refractivity contribution in [3.8, 4) is 0 Å². The molecule has 0 amide bonds. The maximum Gasteiger partial charge on any atom is 0.258 e. The fourth-order valence-electron chi connectivity index (χ4n) is 2.36. The molecule has 21 heavy (non-hydrogen) atoms. The van der Waals surface area contributed by atoms with E-state index >= 15 is 0 Å². The average Bonchev–Trinajstić information content (AvgIpc) is 2.44. The molecule has 0 aliphatic heterocycles. The van der Waals surface area contributed by atoms with Gasteiger partial charge in [-0.2, -0.15) is 0 Å². The van der Waals surface area contributed by atoms with Crippen LogP contribution in [0.3, 0.4) is 0 Å². The number of aromatic nitrogens is 2. The first kappa shape index (κ1) is 15.3. The van der Waals surface area contributed by atoms with Gasteiger partial charge in [-0.15, -0.1) is 0 Å². The predicted molar refractivity (Wildman–Crippen MR) is 86.3 cm³/mol. The highest BCUT2D eigenvalue weighted by Crippen LogP contribution is 2.11. The Morgan fingerprint density at radius 2 is 1.90 bits per heavy atom. The summed E-state index contributed by atoms with van der Waals surface area (Å²) in [5, 5.41) is 0. The molecule has 0 spiro atoms. The molecule has 2 N–H and O–H groups in total. The van der Waals surface area contributed by atoms with Crippen molar-refractivity contribution in [2.75, 3.05) is 5.73 Å². The minimum atomic E-state index is -0.00972. The van der Waals surface area contributed by atoms with Crippen LogP contribution in [0.25, 0.3) is 0 Å². The number of hydrogen-bond donors (Lipinski definition) is 1. The molecule has 1 aromatic carbocycles. The topological polar surface area (TPSA) is 60.9 Å². The van der Waals surface area contributed by atoms with Gasteiger partial charge in [0.1, 0.15) is 0 Å². The second-order valence-electron chi connectivity index (χ2n) is 5.84. The molecular weight excluding hydrogens is 262 g/mol. The molecule has 0 atom stereocenters. The minimum absolute atomic E-state index is 0.00972. The van der Waals surface area contributed by atoms with E-state index in [0.29, 0.717) is 12.5 Å². The Labute approximate surface area is 125 Å². The summed E-state index contributed by atoms with van der Waals surface area (Å²) in [6.07, 6.45) is 1.73. The molecule has 0 radical (unpaired) electrons. The van der Waals surface area contributed by atoms with E-state index in [-0.39, 0.29) is 11.5 Å². The van der Waals surface area contributed by atoms with Gasteiger partial charge in [-0.3, -0.25) is 9.36 Å². The van der Waals surface area contributed by atoms with E-state index in [4.69, 9.17) is 5.73 Å². The molecule has 0 saturated heterocycles. The SMILES string of the molecule is Cc1nc(N)n(Cc2ccccc2)c(=O)c1CCC(C)C. The number of aryl methyl sites for hydroxylation is 1. The van der Waals surface area contributed by atoms with E-state index in [2.05, 4.69) is 18.8 Å². The summed E-state index contributed by atoms with van der Waals surface area (Å²) in [6.45, 7) is 6.64. The van der Waals surface area contributed by atoms with Crippen LogP contribution in [0, 0.1) is 12.8 Å². The number of nitrogens with zero attached hydrogens (tertiary/aromatic N) is 2. The zero-order chi connectivity index (χ0) is 15.4. The van der Waals surface area contributed by atoms with Crippen LogP contribution in [0.5, 0.6) is 0 Å². The summed E-state index contributed by atoms with van der Waals surface area (Å²) < 4.78 is 1.57. The molecule has 4 heteroatoms. The molecule has 0 fully saturated rings. The Balaban J connectivity index is 2.37. The molecule has 2 rings (SSSR count). The maximum absolute atomic E-state index is 12.7. The molecule has 2 aromatic rings. The molecule has 4 nitrogen and oxygen atoms in total. The van der Waals surface area contributed by atoms with Crippen LogP contribution >= 0.6 is 0 Å². The average molecular weight is 285 g/mol. The van der Waals surface area contributed by atoms with Gasteiger partial charge in [-0.05, 0) is 31.2 Å². The second kappa shape index (κ2) is 6.57. The molecule has 0 aliphatic rings. The summed E-state index contributed by atoms with van der Waals surface area (Å²) in [7, 11) is 0. The van der Waals surface area contributed by atoms with Crippen molar-refractivity contribution in [3.63, 3.8) is 0 Å². The Bertz CT molecular complexity index is 660. The monoisotopic (exact) mass is 285 g/mol. The highest BCUT2D eigenvalue weighted by Gasteiger charge is 2.13. The first-order chi connectivity index (χ1) is 9.99. The summed E-state index contributed by atoms with van der Waals surface area (Å²) in [6, 6.07) is 9.84. The van der Waals surface area contributed by atoms with Gasteiger partial charge in [0, 0.05) is 11.3 Å². The van der Waals surface area contributed by atoms with Crippen LogP contribution in [-0.2, 0) is 13.0 Å². The molecule has 0 unspecified atom stereocenters. The fourth-order valence-corrected chi connectivity index (χ4v) is 2.36. The Morgan fingerprint density at radius 1 is 1.24 bits per heavy atom. The van der Waals surface area contributed by atoms with Crippen molar-refractivity contribution in [3.05, 3.63) is 57.5 Å². The molecule has 0 aliphatic carbocycles. The molecule has 0 saturated carbocycles. The second-order valence-corrected chi connectivity index (χ2v) is 5.84. The maximum atomic E-state index is 12.7. The molecule has 112 valence electrons. The van der Waals surface area contributed by atoms with Gasteiger partial charge in [-0.25, -0.2) is 4.98 Å². The zero-order valence-corrected chi connectivity index (χ0v) is 13.0. The smallest absolute Gasteiger partial charge is 0.258 e. The van der Waals surface area contributed by atoms with E-state index in [9.17, 15) is 4.79 Å². The fraction of sp³-hybridized carbons (Fsp3) is 0.412. The highest BCUT2D eigenvalue weighted by atomic mass is 16.1. The van der Waals surface area contributed by atoms with E-state index in [1.54, 1.807) is 4.57 Å². The lowest BCUT2D eigenvalue weighted by molar-refractivity contribution is 0.578. The number of nitrogens with two attached hydrogens (primary N) is 1. The molecule has 1 heterocycles. The first-order valence-electron chi connectivity index (χ1n) is 7.38. The lowest BCUT2D eigenvalue weighted by atomic mass is 10.0. The van der Waals surface area contributed by atoms with Crippen LogP contribution in [0.1, 0.15) is 37.1 Å². The summed E-state index contributed by atoms with van der Waals surface area (Å²) in [4.78, 5) is 17.0. The number of anilines is 1. The van der Waals surface area contributed by atoms with Gasteiger partial charge in [0.25, 0.3) is 5.56 Å². The van der Waals surface area contributed by atoms with Crippen LogP contribution in [-0.4, -0.2) is 9.55 Å². The molecule has 0 bridgehead atoms. The van der Waals surface area contributed by atoms with E-state index in [1.165, 1.54) is 0 Å². The number of nitrogen functional groups attached to an aromatic ring is 1. The van der Waals surface area contributed by atoms with Crippen molar-refractivity contribution in [1.82, 2.24) is 9.55 Å². The lowest BCUT2D eigenvalue weighted by Gasteiger charge is -2.14. The van der Waals surface area contributed by atoms with Gasteiger partial charge in [0.15, 0.2) is 0 Å². The van der Waals surface area contributed by atoms with Gasteiger partial charge >= 0.3 is 0 Å². The summed E-state index contributed by atoms with van der Waals surface area (Å²) in [5.41, 5.74) is 8.52. The first-order valence-corrected chi connectivity index (χ1v) is 7.38. The highest BCUT2D eigenvalue weighted by molar-refractivity contribution is 5.28. The molecular formula is C17H23N3O. The van der Waals surface area contributed by atoms with E-state index < -0.39 is 0 Å². The van der Waals surface area contributed by atoms with Gasteiger partial charge < -0.3 is 5.73 Å². The van der Waals surface area contributed by atoms with E-state index in [1.807, 2.05) is 37.3 Å². The number of rotatable bonds is 5. The predicted octanol–water partition coefficient (Wildman–Crippen LogP) is 2.77.